The summed E-state index contributed by atoms with van der Waals surface area (Å²) >= 11 is 5.97. The molecule has 1 rings (SSSR count). The van der Waals surface area contributed by atoms with Gasteiger partial charge in [-0.1, -0.05) is 39.3 Å². The lowest BCUT2D eigenvalue weighted by atomic mass is 9.79. The molecule has 1 unspecified atom stereocenters. The van der Waals surface area contributed by atoms with Crippen LogP contribution in [-0.4, -0.2) is 9.97 Å². The Balaban J connectivity index is 3.02. The molecule has 0 amide bonds. The first-order valence-corrected chi connectivity index (χ1v) is 4.76. The summed E-state index contributed by atoms with van der Waals surface area (Å²) in [6.45, 7) is 8.69. The highest BCUT2D eigenvalue weighted by atomic mass is 35.5. The molecule has 0 fully saturated rings. The fourth-order valence-electron chi connectivity index (χ4n) is 1.08. The summed E-state index contributed by atoms with van der Waals surface area (Å²) in [5.74, 6) is 0.362. The monoisotopic (exact) mass is 198 g/mol. The van der Waals surface area contributed by atoms with Gasteiger partial charge in [0.2, 0.25) is 0 Å². The minimum Gasteiger partial charge on any atom is -0.244 e. The number of hydrogen-bond acceptors (Lipinski definition) is 2. The van der Waals surface area contributed by atoms with Gasteiger partial charge in [0.15, 0.2) is 0 Å². The second-order valence-corrected chi connectivity index (χ2v) is 4.71. The van der Waals surface area contributed by atoms with Gasteiger partial charge in [-0.05, 0) is 11.3 Å². The van der Waals surface area contributed by atoms with E-state index in [1.807, 2.05) is 0 Å². The molecular weight excluding hydrogens is 184 g/mol. The molecule has 1 atom stereocenters. The molecule has 0 radical (unpaired) electrons. The van der Waals surface area contributed by atoms with Gasteiger partial charge in [-0.2, -0.15) is 0 Å². The van der Waals surface area contributed by atoms with E-state index >= 15 is 0 Å². The van der Waals surface area contributed by atoms with Crippen LogP contribution in [0.4, 0.5) is 0 Å². The molecule has 0 aromatic carbocycles. The third kappa shape index (κ3) is 2.41. The molecule has 72 valence electrons. The first-order valence-electron chi connectivity index (χ1n) is 4.38. The highest BCUT2D eigenvalue weighted by Gasteiger charge is 2.23. The molecule has 1 aromatic heterocycles. The highest BCUT2D eigenvalue weighted by molar-refractivity contribution is 6.30. The third-order valence-electron chi connectivity index (χ3n) is 2.46. The average molecular weight is 199 g/mol. The molecule has 13 heavy (non-hydrogen) atoms. The van der Waals surface area contributed by atoms with Crippen molar-refractivity contribution in [3.8, 4) is 0 Å². The fraction of sp³-hybridized carbons (Fsp3) is 0.600. The van der Waals surface area contributed by atoms with E-state index in [0.29, 0.717) is 11.1 Å². The molecule has 0 spiro atoms. The van der Waals surface area contributed by atoms with E-state index in [0.717, 1.165) is 5.56 Å². The first-order chi connectivity index (χ1) is 5.93. The van der Waals surface area contributed by atoms with Crippen molar-refractivity contribution in [1.29, 1.82) is 0 Å². The van der Waals surface area contributed by atoms with Crippen molar-refractivity contribution in [2.24, 2.45) is 5.41 Å². The zero-order valence-corrected chi connectivity index (χ0v) is 9.26. The maximum absolute atomic E-state index is 5.97. The highest BCUT2D eigenvalue weighted by Crippen LogP contribution is 2.36. The maximum atomic E-state index is 5.97. The lowest BCUT2D eigenvalue weighted by Gasteiger charge is -2.27. The van der Waals surface area contributed by atoms with Crippen LogP contribution in [0.15, 0.2) is 12.5 Å². The molecule has 0 aliphatic rings. The third-order valence-corrected chi connectivity index (χ3v) is 2.77. The van der Waals surface area contributed by atoms with Gasteiger partial charge in [0.05, 0.1) is 0 Å². The summed E-state index contributed by atoms with van der Waals surface area (Å²) in [5, 5.41) is 0.567. The van der Waals surface area contributed by atoms with Crippen LogP contribution >= 0.6 is 11.6 Å². The van der Waals surface area contributed by atoms with Crippen LogP contribution in [0.3, 0.4) is 0 Å². The molecule has 0 aliphatic heterocycles. The molecule has 0 bridgehead atoms. The minimum absolute atomic E-state index is 0.189. The second kappa shape index (κ2) is 3.62. The Morgan fingerprint density at radius 2 is 2.00 bits per heavy atom. The van der Waals surface area contributed by atoms with Crippen molar-refractivity contribution >= 4 is 11.6 Å². The van der Waals surface area contributed by atoms with Crippen LogP contribution < -0.4 is 0 Å². The largest absolute Gasteiger partial charge is 0.244 e. The zero-order chi connectivity index (χ0) is 10.1. The number of aromatic nitrogens is 2. The number of hydrogen-bond donors (Lipinski definition) is 0. The Hall–Kier alpha value is -0.630. The van der Waals surface area contributed by atoms with Gasteiger partial charge in [-0.3, -0.25) is 0 Å². The van der Waals surface area contributed by atoms with Gasteiger partial charge < -0.3 is 0 Å². The van der Waals surface area contributed by atoms with E-state index in [-0.39, 0.29) is 5.41 Å². The summed E-state index contributed by atoms with van der Waals surface area (Å²) in [5.41, 5.74) is 1.21. The van der Waals surface area contributed by atoms with Crippen LogP contribution in [0, 0.1) is 5.41 Å². The minimum atomic E-state index is 0.189. The smallest absolute Gasteiger partial charge is 0.135 e. The Kier molecular flexibility index (Phi) is 2.91. The van der Waals surface area contributed by atoms with Crippen molar-refractivity contribution in [3.05, 3.63) is 23.2 Å². The zero-order valence-electron chi connectivity index (χ0n) is 8.50. The van der Waals surface area contributed by atoms with Gasteiger partial charge in [0.25, 0.3) is 0 Å². The predicted molar refractivity (Wildman–Crippen MR) is 54.9 cm³/mol. The second-order valence-electron chi connectivity index (χ2n) is 4.36. The average Bonchev–Trinajstić information content (AvgIpc) is 2.02. The Bertz CT molecular complexity index is 291. The summed E-state index contributed by atoms with van der Waals surface area (Å²) < 4.78 is 0. The van der Waals surface area contributed by atoms with E-state index in [1.165, 1.54) is 6.33 Å². The Morgan fingerprint density at radius 1 is 1.38 bits per heavy atom. The van der Waals surface area contributed by atoms with Crippen molar-refractivity contribution in [2.45, 2.75) is 33.6 Å². The standard InChI is InChI=1S/C10H15ClN2/c1-7(10(2,3)4)8-5-12-6-13-9(8)11/h5-7H,1-4H3. The van der Waals surface area contributed by atoms with Gasteiger partial charge in [-0.25, -0.2) is 9.97 Å². The van der Waals surface area contributed by atoms with Crippen LogP contribution in [0.25, 0.3) is 0 Å². The van der Waals surface area contributed by atoms with E-state index in [4.69, 9.17) is 11.6 Å². The van der Waals surface area contributed by atoms with E-state index in [2.05, 4.69) is 37.7 Å². The topological polar surface area (TPSA) is 25.8 Å². The van der Waals surface area contributed by atoms with Crippen LogP contribution in [0.5, 0.6) is 0 Å². The molecule has 2 nitrogen and oxygen atoms in total. The predicted octanol–water partition coefficient (Wildman–Crippen LogP) is 3.28. The molecule has 0 saturated heterocycles. The Labute approximate surface area is 84.4 Å². The summed E-state index contributed by atoms with van der Waals surface area (Å²) in [6.07, 6.45) is 3.27. The van der Waals surface area contributed by atoms with E-state index in [9.17, 15) is 0 Å². The van der Waals surface area contributed by atoms with Gasteiger partial charge in [0.1, 0.15) is 11.5 Å². The van der Waals surface area contributed by atoms with Crippen LogP contribution in [0.2, 0.25) is 5.15 Å². The lowest BCUT2D eigenvalue weighted by molar-refractivity contribution is 0.338. The van der Waals surface area contributed by atoms with Gasteiger partial charge in [0, 0.05) is 11.8 Å². The quantitative estimate of drug-likeness (QED) is 0.648. The molecule has 0 saturated carbocycles. The van der Waals surface area contributed by atoms with Crippen LogP contribution in [0.1, 0.15) is 39.2 Å². The van der Waals surface area contributed by atoms with Crippen molar-refractivity contribution < 1.29 is 0 Å². The maximum Gasteiger partial charge on any atom is 0.135 e. The number of rotatable bonds is 1. The normalized spacial score (nSPS) is 14.2. The molecular formula is C10H15ClN2. The molecule has 1 heterocycles. The molecule has 1 aromatic rings. The molecule has 3 heteroatoms. The van der Waals surface area contributed by atoms with Crippen LogP contribution in [-0.2, 0) is 0 Å². The number of nitrogens with zero attached hydrogens (tertiary/aromatic N) is 2. The lowest BCUT2D eigenvalue weighted by Crippen LogP contribution is -2.16. The van der Waals surface area contributed by atoms with Gasteiger partial charge in [-0.15, -0.1) is 0 Å². The van der Waals surface area contributed by atoms with E-state index in [1.54, 1.807) is 6.20 Å². The SMILES string of the molecule is CC(c1cncnc1Cl)C(C)(C)C. The summed E-state index contributed by atoms with van der Waals surface area (Å²) in [4.78, 5) is 7.95. The molecule has 0 N–H and O–H groups in total. The van der Waals surface area contributed by atoms with Crippen molar-refractivity contribution in [3.63, 3.8) is 0 Å². The van der Waals surface area contributed by atoms with Gasteiger partial charge >= 0.3 is 0 Å². The van der Waals surface area contributed by atoms with E-state index < -0.39 is 0 Å². The Morgan fingerprint density at radius 3 is 2.46 bits per heavy atom. The summed E-state index contributed by atoms with van der Waals surface area (Å²) in [6, 6.07) is 0. The summed E-state index contributed by atoms with van der Waals surface area (Å²) in [7, 11) is 0. The fourth-order valence-corrected chi connectivity index (χ4v) is 1.34. The van der Waals surface area contributed by atoms with Crippen molar-refractivity contribution in [2.75, 3.05) is 0 Å². The van der Waals surface area contributed by atoms with Crippen molar-refractivity contribution in [1.82, 2.24) is 9.97 Å². The first kappa shape index (κ1) is 10.5. The molecule has 0 aliphatic carbocycles. The number of halogens is 1.